The Labute approximate surface area is 446 Å². The lowest BCUT2D eigenvalue weighted by atomic mass is 9.79. The molecule has 0 bridgehead atoms. The molecule has 4 aromatic heterocycles. The number of fused-ring (bicyclic) bond motifs is 2. The van der Waals surface area contributed by atoms with Crippen LogP contribution in [0.15, 0.2) is 25.0 Å². The number of aromatic nitrogens is 6. The molecular weight excluding hydrogens is 1150 g/mol. The van der Waals surface area contributed by atoms with Gasteiger partial charge in [-0.3, -0.25) is 0 Å². The van der Waals surface area contributed by atoms with E-state index in [2.05, 4.69) is 168 Å². The Morgan fingerprint density at radius 2 is 1.13 bits per heavy atom. The lowest BCUT2D eigenvalue weighted by molar-refractivity contribution is 0.00578. The van der Waals surface area contributed by atoms with Crippen molar-refractivity contribution >= 4 is 150 Å². The lowest BCUT2D eigenvalue weighted by Gasteiger charge is -2.32. The maximum absolute atomic E-state index is 6.33. The van der Waals surface area contributed by atoms with Crippen molar-refractivity contribution in [1.82, 2.24) is 29.1 Å². The van der Waals surface area contributed by atoms with Crippen LogP contribution in [-0.4, -0.2) is 124 Å². The van der Waals surface area contributed by atoms with Crippen LogP contribution in [0.25, 0.3) is 22.1 Å². The maximum atomic E-state index is 6.33. The van der Waals surface area contributed by atoms with E-state index in [4.69, 9.17) is 28.1 Å². The van der Waals surface area contributed by atoms with Gasteiger partial charge in [0.05, 0.1) is 33.2 Å². The molecule has 0 aliphatic carbocycles. The maximum Gasteiger partial charge on any atom is 0.497 e. The minimum atomic E-state index is -1.13. The predicted molar refractivity (Wildman–Crippen MR) is 332 cm³/mol. The van der Waals surface area contributed by atoms with Crippen molar-refractivity contribution in [3.8, 4) is 12.3 Å². The summed E-state index contributed by atoms with van der Waals surface area (Å²) in [7, 11) is 19.2. The van der Waals surface area contributed by atoms with E-state index in [0.717, 1.165) is 70.0 Å². The fourth-order valence-corrected chi connectivity index (χ4v) is 24.4. The molecule has 26 heteroatoms. The van der Waals surface area contributed by atoms with Crippen LogP contribution in [0, 0.1) is 15.9 Å². The second kappa shape index (κ2) is 28.6. The minimum absolute atomic E-state index is 0.187. The number of hydrogen-bond donors (Lipinski definition) is 0. The summed E-state index contributed by atoms with van der Waals surface area (Å²) in [6, 6.07) is 2.31. The van der Waals surface area contributed by atoms with Crippen molar-refractivity contribution in [2.75, 3.05) is 51.2 Å². The first-order valence-corrected chi connectivity index (χ1v) is 43.1. The summed E-state index contributed by atoms with van der Waals surface area (Å²) in [6.45, 7) is 35.1. The third-order valence-electron chi connectivity index (χ3n) is 11.6. The smallest absolute Gasteiger partial charge is 0.405 e. The molecule has 14 nitrogen and oxygen atoms in total. The fourth-order valence-electron chi connectivity index (χ4n) is 5.92. The normalized spacial score (nSPS) is 17.2. The number of hydrogen-bond acceptors (Lipinski definition) is 12. The van der Waals surface area contributed by atoms with Crippen LogP contribution < -0.4 is 15.3 Å². The molecular formula is C43H83B2IN8O6P7Si2. The first kappa shape index (κ1) is 65.6. The topological polar surface area (TPSA) is 123 Å². The summed E-state index contributed by atoms with van der Waals surface area (Å²) in [4.78, 5) is 21.9. The van der Waals surface area contributed by atoms with Crippen LogP contribution >= 0.6 is 80.2 Å². The van der Waals surface area contributed by atoms with Gasteiger partial charge in [0.15, 0.2) is 0 Å². The molecule has 6 rings (SSSR count). The Bertz CT molecular complexity index is 2230. The van der Waals surface area contributed by atoms with E-state index < -0.39 is 34.5 Å². The van der Waals surface area contributed by atoms with E-state index in [1.54, 1.807) is 19.6 Å². The monoisotopic (exact) mass is 1230 g/mol. The molecule has 387 valence electrons. The molecule has 0 amide bonds. The fraction of sp³-hybridized carbons (Fsp3) is 0.674. The molecule has 0 N–H and O–H groups in total. The van der Waals surface area contributed by atoms with Gasteiger partial charge in [-0.05, 0) is 111 Å². The molecule has 2 saturated heterocycles. The molecule has 6 unspecified atom stereocenters. The van der Waals surface area contributed by atoms with E-state index in [-0.39, 0.29) is 25.2 Å². The van der Waals surface area contributed by atoms with E-state index >= 15 is 0 Å². The quantitative estimate of drug-likeness (QED) is 0.0370. The molecule has 0 saturated carbocycles. The third kappa shape index (κ3) is 20.2. The highest BCUT2D eigenvalue weighted by Crippen LogP contribution is 2.92. The van der Waals surface area contributed by atoms with Gasteiger partial charge in [-0.2, -0.15) is 0 Å². The third-order valence-corrected chi connectivity index (χ3v) is 46.3. The van der Waals surface area contributed by atoms with Gasteiger partial charge in [0.25, 0.3) is 0 Å². The van der Waals surface area contributed by atoms with Crippen LogP contribution in [0.2, 0.25) is 51.4 Å². The highest BCUT2D eigenvalue weighted by molar-refractivity contribution is 14.1. The average Bonchev–Trinajstić information content (AvgIpc) is 3.91. The van der Waals surface area contributed by atoms with Gasteiger partial charge in [-0.1, -0.05) is 47.2 Å². The molecule has 6 atom stereocenters. The van der Waals surface area contributed by atoms with Gasteiger partial charge in [-0.15, -0.1) is 48.1 Å². The molecule has 69 heavy (non-hydrogen) atoms. The first-order chi connectivity index (χ1) is 31.7. The summed E-state index contributed by atoms with van der Waals surface area (Å²) in [5.41, 5.74) is 1.52. The lowest BCUT2D eigenvalue weighted by Crippen LogP contribution is -2.41. The number of halogens is 1. The van der Waals surface area contributed by atoms with Gasteiger partial charge < -0.3 is 47.0 Å². The van der Waals surface area contributed by atoms with Gasteiger partial charge in [0.2, 0.25) is 0 Å². The molecule has 4 aromatic rings. The number of rotatable bonds is 15. The first-order valence-electron chi connectivity index (χ1n) is 22.7. The Morgan fingerprint density at radius 3 is 1.46 bits per heavy atom. The summed E-state index contributed by atoms with van der Waals surface area (Å²) >= 11 is 2.34. The number of anilines is 2. The van der Waals surface area contributed by atoms with Gasteiger partial charge in [-0.25, -0.2) is 19.9 Å². The standard InChI is InChI=1S/C20H35BN4O3Si.C14H23IN4OSi.C6H12BO2.C3H4.H9P7/c1-19(2)20(3,4)28-21(27-19)15-12-25(14-26-10-11-29(7,8)9)18-16(15)17(24(5)6)22-13-23-18;1-18(2)13-12-11(15)8-19(14(12)17-9-16-13)10-20-6-7-21(3,4)5;1-5(2)6(3,4)9-7-8-5;1-3-2;1-5-7(4)6(2)3/h12-13H,10-11,14H2,1-9H3;8-9H,6-7,10H2,1-5H3;1-4H3;1H,2H3;5H,1-4H2. The second-order valence-corrected chi connectivity index (χ2v) is 56.0. The van der Waals surface area contributed by atoms with E-state index in [0.29, 0.717) is 13.5 Å². The number of ether oxygens (including phenoxy) is 2. The van der Waals surface area contributed by atoms with Crippen molar-refractivity contribution in [1.29, 1.82) is 0 Å². The molecule has 6 heterocycles. The number of terminal acetylenes is 1. The predicted octanol–water partition coefficient (Wildman–Crippen LogP) is 11.9. The molecule has 2 aliphatic rings. The van der Waals surface area contributed by atoms with Crippen molar-refractivity contribution in [3.63, 3.8) is 0 Å². The minimum Gasteiger partial charge on any atom is -0.405 e. The van der Waals surface area contributed by atoms with Crippen LogP contribution in [0.3, 0.4) is 0 Å². The van der Waals surface area contributed by atoms with Crippen molar-refractivity contribution in [2.24, 2.45) is 0 Å². The van der Waals surface area contributed by atoms with E-state index in [9.17, 15) is 0 Å². The highest BCUT2D eigenvalue weighted by atomic mass is 127. The Morgan fingerprint density at radius 1 is 0.739 bits per heavy atom. The van der Waals surface area contributed by atoms with Crippen LogP contribution in [-0.2, 0) is 41.6 Å². The van der Waals surface area contributed by atoms with Crippen LogP contribution in [0.4, 0.5) is 11.6 Å². The SMILES string of the molecule is C#CC.CC1(C)O[B]OC1(C)C.CN(C)c1ncnc2c1c(B1OC(C)(C)C(C)(C)O1)cn2COCC[Si](C)(C)C.CN(C)c1ncnc2c1c(I)cn2COCC[Si](C)(C)C.PPP(P)P(P)P. The van der Waals surface area contributed by atoms with Crippen LogP contribution in [0.5, 0.6) is 0 Å². The zero-order valence-corrected chi connectivity index (χ0v) is 56.5. The number of nitrogens with zero attached hydrogens (tertiary/aromatic N) is 8. The summed E-state index contributed by atoms with van der Waals surface area (Å²) < 4.78 is 40.2. The molecule has 0 aromatic carbocycles. The summed E-state index contributed by atoms with van der Waals surface area (Å²) in [6.07, 6.45) is 11.9. The van der Waals surface area contributed by atoms with Gasteiger partial charge >= 0.3 is 14.8 Å². The van der Waals surface area contributed by atoms with Crippen molar-refractivity contribution in [2.45, 2.75) is 150 Å². The van der Waals surface area contributed by atoms with Crippen LogP contribution in [0.1, 0.15) is 62.3 Å². The van der Waals surface area contributed by atoms with Crippen molar-refractivity contribution in [3.05, 3.63) is 28.6 Å². The molecule has 1 radical (unpaired) electrons. The zero-order chi connectivity index (χ0) is 52.9. The van der Waals surface area contributed by atoms with Gasteiger partial charge in [0.1, 0.15) is 49.0 Å². The van der Waals surface area contributed by atoms with Crippen molar-refractivity contribution < 1.29 is 28.1 Å². The summed E-state index contributed by atoms with van der Waals surface area (Å²) in [5.74, 6) is 4.05. The Kier molecular flexibility index (Phi) is 27.1. The van der Waals surface area contributed by atoms with Gasteiger partial charge in [0, 0.05) is 79.0 Å². The Balaban J connectivity index is 0.000000352. The molecule has 2 aliphatic heterocycles. The second-order valence-electron chi connectivity index (χ2n) is 21.4. The average molecular weight is 1230 g/mol. The Hall–Kier alpha value is 0.464. The summed E-state index contributed by atoms with van der Waals surface area (Å²) in [5, 5.41) is 2.04. The van der Waals surface area contributed by atoms with E-state index in [1.807, 2.05) is 76.4 Å². The molecule has 0 spiro atoms. The zero-order valence-electron chi connectivity index (χ0n) is 44.9. The van der Waals surface area contributed by atoms with E-state index in [1.165, 1.54) is 13.7 Å². The molecule has 2 fully saturated rings. The largest absolute Gasteiger partial charge is 0.497 e. The highest BCUT2D eigenvalue weighted by Gasteiger charge is 2.53.